The minimum Gasteiger partial charge on any atom is -0.477 e. The number of aromatic carboxylic acids is 1. The van der Waals surface area contributed by atoms with E-state index >= 15 is 0 Å². The summed E-state index contributed by atoms with van der Waals surface area (Å²) in [5, 5.41) is 9.36. The molecule has 98 valence electrons. The van der Waals surface area contributed by atoms with Gasteiger partial charge in [-0.1, -0.05) is 34.8 Å². The Bertz CT molecular complexity index is 676. The Morgan fingerprint density at radius 2 is 1.74 bits per heavy atom. The topological polar surface area (TPSA) is 50.2 Å². The number of carboxylic acid groups (broad SMARTS) is 1. The third-order valence-electron chi connectivity index (χ3n) is 2.33. The molecule has 0 atom stereocenters. The largest absolute Gasteiger partial charge is 0.477 e. The molecule has 1 aromatic heterocycles. The zero-order valence-corrected chi connectivity index (χ0v) is 11.4. The summed E-state index contributed by atoms with van der Waals surface area (Å²) in [6, 6.07) is 4.75. The third-order valence-corrected chi connectivity index (χ3v) is 3.37. The average Bonchev–Trinajstić information content (AvgIpc) is 2.34. The van der Waals surface area contributed by atoms with Gasteiger partial charge in [-0.15, -0.1) is 0 Å². The van der Waals surface area contributed by atoms with E-state index < -0.39 is 11.8 Å². The van der Waals surface area contributed by atoms with Crippen LogP contribution >= 0.6 is 34.8 Å². The lowest BCUT2D eigenvalue weighted by atomic mass is 10.1. The molecule has 0 aliphatic rings. The van der Waals surface area contributed by atoms with Gasteiger partial charge >= 0.3 is 5.97 Å². The van der Waals surface area contributed by atoms with Gasteiger partial charge < -0.3 is 5.11 Å². The second-order valence-electron chi connectivity index (χ2n) is 3.58. The molecule has 2 rings (SSSR count). The van der Waals surface area contributed by atoms with Gasteiger partial charge in [0.1, 0.15) is 17.2 Å². The maximum Gasteiger partial charge on any atom is 0.354 e. The van der Waals surface area contributed by atoms with E-state index in [1.54, 1.807) is 0 Å². The van der Waals surface area contributed by atoms with Crippen LogP contribution in [0.4, 0.5) is 4.39 Å². The van der Waals surface area contributed by atoms with Crippen molar-refractivity contribution in [2.45, 2.75) is 0 Å². The molecule has 0 amide bonds. The fourth-order valence-corrected chi connectivity index (χ4v) is 2.09. The quantitative estimate of drug-likeness (QED) is 0.826. The van der Waals surface area contributed by atoms with Crippen molar-refractivity contribution >= 4 is 40.8 Å². The van der Waals surface area contributed by atoms with Gasteiger partial charge in [-0.3, -0.25) is 0 Å². The number of carbonyl (C=O) groups is 1. The van der Waals surface area contributed by atoms with Gasteiger partial charge in [0, 0.05) is 5.56 Å². The molecule has 7 heteroatoms. The van der Waals surface area contributed by atoms with Crippen molar-refractivity contribution in [1.82, 2.24) is 4.98 Å². The second-order valence-corrected chi connectivity index (χ2v) is 4.80. The van der Waals surface area contributed by atoms with Crippen LogP contribution in [-0.2, 0) is 0 Å². The molecule has 0 spiro atoms. The normalized spacial score (nSPS) is 10.5. The maximum atomic E-state index is 13.7. The molecule has 1 aromatic carbocycles. The van der Waals surface area contributed by atoms with Crippen LogP contribution in [0.3, 0.4) is 0 Å². The van der Waals surface area contributed by atoms with Crippen molar-refractivity contribution in [2.24, 2.45) is 0 Å². The van der Waals surface area contributed by atoms with Crippen molar-refractivity contribution in [1.29, 1.82) is 0 Å². The summed E-state index contributed by atoms with van der Waals surface area (Å²) in [6.07, 6.45) is 0. The monoisotopic (exact) mass is 319 g/mol. The minimum absolute atomic E-state index is 0.128. The van der Waals surface area contributed by atoms with Crippen LogP contribution in [-0.4, -0.2) is 16.1 Å². The van der Waals surface area contributed by atoms with E-state index in [0.29, 0.717) is 0 Å². The summed E-state index contributed by atoms with van der Waals surface area (Å²) in [7, 11) is 0. The van der Waals surface area contributed by atoms with Crippen LogP contribution in [0.15, 0.2) is 24.3 Å². The van der Waals surface area contributed by atoms with Crippen LogP contribution in [0.1, 0.15) is 10.5 Å². The standard InChI is InChI=1S/C12H5Cl3FNO2/c13-6-4-8(15)7(14)3-5(6)11-9(16)1-2-10(17-11)12(18)19/h1-4H,(H,18,19). The zero-order chi connectivity index (χ0) is 14.2. The molecule has 0 aliphatic carbocycles. The molecule has 2 aromatic rings. The molecule has 3 nitrogen and oxygen atoms in total. The van der Waals surface area contributed by atoms with Gasteiger partial charge in [0.25, 0.3) is 0 Å². The SMILES string of the molecule is O=C(O)c1ccc(F)c(-c2cc(Cl)c(Cl)cc2Cl)n1. The summed E-state index contributed by atoms with van der Waals surface area (Å²) in [4.78, 5) is 14.5. The Hall–Kier alpha value is -1.36. The van der Waals surface area contributed by atoms with Gasteiger partial charge in [-0.05, 0) is 24.3 Å². The number of nitrogens with zero attached hydrogens (tertiary/aromatic N) is 1. The van der Waals surface area contributed by atoms with E-state index in [9.17, 15) is 9.18 Å². The van der Waals surface area contributed by atoms with Crippen molar-refractivity contribution < 1.29 is 14.3 Å². The molecule has 0 fully saturated rings. The summed E-state index contributed by atoms with van der Waals surface area (Å²) in [5.74, 6) is -1.97. The molecule has 0 aliphatic heterocycles. The number of pyridine rings is 1. The molecular weight excluding hydrogens is 315 g/mol. The number of rotatable bonds is 2. The van der Waals surface area contributed by atoms with Gasteiger partial charge in [0.15, 0.2) is 0 Å². The highest BCUT2D eigenvalue weighted by Crippen LogP contribution is 2.35. The van der Waals surface area contributed by atoms with Crippen molar-refractivity contribution in [2.75, 3.05) is 0 Å². The van der Waals surface area contributed by atoms with E-state index in [4.69, 9.17) is 39.9 Å². The van der Waals surface area contributed by atoms with Crippen LogP contribution in [0.2, 0.25) is 15.1 Å². The highest BCUT2D eigenvalue weighted by atomic mass is 35.5. The highest BCUT2D eigenvalue weighted by molar-refractivity contribution is 6.44. The first-order valence-electron chi connectivity index (χ1n) is 4.95. The number of aromatic nitrogens is 1. The number of benzene rings is 1. The first kappa shape index (κ1) is 14.1. The minimum atomic E-state index is -1.27. The average molecular weight is 321 g/mol. The molecule has 0 saturated heterocycles. The Balaban J connectivity index is 2.67. The van der Waals surface area contributed by atoms with E-state index in [2.05, 4.69) is 4.98 Å². The summed E-state index contributed by atoms with van der Waals surface area (Å²) >= 11 is 17.5. The van der Waals surface area contributed by atoms with Crippen LogP contribution in [0.25, 0.3) is 11.3 Å². The van der Waals surface area contributed by atoms with Crippen LogP contribution < -0.4 is 0 Å². The van der Waals surface area contributed by atoms with E-state index in [0.717, 1.165) is 12.1 Å². The van der Waals surface area contributed by atoms with Gasteiger partial charge in [-0.2, -0.15) is 0 Å². The summed E-state index contributed by atoms with van der Waals surface area (Å²) in [6.45, 7) is 0. The third kappa shape index (κ3) is 2.81. The Kier molecular flexibility index (Phi) is 3.94. The van der Waals surface area contributed by atoms with Gasteiger partial charge in [0.05, 0.1) is 15.1 Å². The summed E-state index contributed by atoms with van der Waals surface area (Å²) < 4.78 is 13.7. The second kappa shape index (κ2) is 5.33. The number of hydrogen-bond acceptors (Lipinski definition) is 2. The van der Waals surface area contributed by atoms with Crippen molar-refractivity contribution in [3.05, 3.63) is 50.8 Å². The lowest BCUT2D eigenvalue weighted by Gasteiger charge is -2.08. The molecule has 0 unspecified atom stereocenters. The number of halogens is 4. The first-order chi connectivity index (χ1) is 8.90. The molecule has 1 N–H and O–H groups in total. The summed E-state index contributed by atoms with van der Waals surface area (Å²) in [5.41, 5.74) is -0.307. The molecule has 1 heterocycles. The lowest BCUT2D eigenvalue weighted by Crippen LogP contribution is -2.02. The Morgan fingerprint density at radius 3 is 2.37 bits per heavy atom. The lowest BCUT2D eigenvalue weighted by molar-refractivity contribution is 0.0690. The van der Waals surface area contributed by atoms with Crippen molar-refractivity contribution in [3.63, 3.8) is 0 Å². The predicted octanol–water partition coefficient (Wildman–Crippen LogP) is 4.55. The van der Waals surface area contributed by atoms with E-state index in [-0.39, 0.29) is 32.0 Å². The van der Waals surface area contributed by atoms with Crippen LogP contribution in [0, 0.1) is 5.82 Å². The molecule has 0 saturated carbocycles. The Morgan fingerprint density at radius 1 is 1.11 bits per heavy atom. The fraction of sp³-hybridized carbons (Fsp3) is 0. The van der Waals surface area contributed by atoms with E-state index in [1.165, 1.54) is 12.1 Å². The Labute approximate surface area is 122 Å². The molecule has 0 radical (unpaired) electrons. The van der Waals surface area contributed by atoms with Gasteiger partial charge in [-0.25, -0.2) is 14.2 Å². The number of hydrogen-bond donors (Lipinski definition) is 1. The highest BCUT2D eigenvalue weighted by Gasteiger charge is 2.16. The molecule has 19 heavy (non-hydrogen) atoms. The van der Waals surface area contributed by atoms with E-state index in [1.807, 2.05) is 0 Å². The zero-order valence-electron chi connectivity index (χ0n) is 9.12. The first-order valence-corrected chi connectivity index (χ1v) is 6.08. The maximum absolute atomic E-state index is 13.7. The van der Waals surface area contributed by atoms with Crippen LogP contribution in [0.5, 0.6) is 0 Å². The fourth-order valence-electron chi connectivity index (χ4n) is 1.45. The molecular formula is C12H5Cl3FNO2. The van der Waals surface area contributed by atoms with Crippen molar-refractivity contribution in [3.8, 4) is 11.3 Å². The predicted molar refractivity (Wildman–Crippen MR) is 71.6 cm³/mol. The molecule has 0 bridgehead atoms. The van der Waals surface area contributed by atoms with Gasteiger partial charge in [0.2, 0.25) is 0 Å². The smallest absolute Gasteiger partial charge is 0.354 e. The number of carboxylic acids is 1.